The van der Waals surface area contributed by atoms with Gasteiger partial charge in [0.1, 0.15) is 0 Å². The molecule has 0 bridgehead atoms. The number of carboxylic acids is 2. The topological polar surface area (TPSA) is 74.6 Å². The first-order valence-electron chi connectivity index (χ1n) is 4.27. The third-order valence-corrected chi connectivity index (χ3v) is 0.940. The second-order valence-electron chi connectivity index (χ2n) is 2.69. The van der Waals surface area contributed by atoms with E-state index in [1.807, 2.05) is 18.2 Å². The van der Waals surface area contributed by atoms with Crippen LogP contribution in [0.25, 0.3) is 0 Å². The van der Waals surface area contributed by atoms with E-state index in [0.29, 0.717) is 0 Å². The van der Waals surface area contributed by atoms with E-state index in [2.05, 4.69) is 19.1 Å². The molecule has 0 saturated carbocycles. The molecule has 1 aromatic rings. The van der Waals surface area contributed by atoms with Crippen molar-refractivity contribution in [3.05, 3.63) is 35.9 Å². The van der Waals surface area contributed by atoms with Crippen molar-refractivity contribution in [2.24, 2.45) is 0 Å². The first kappa shape index (κ1) is 15.6. The molecule has 0 aliphatic rings. The molecule has 0 amide bonds. The fraction of sp³-hybridized carbons (Fsp3) is 0.273. The number of hydrogen-bond donors (Lipinski definition) is 2. The molecular weight excluding hydrogens is 196 g/mol. The van der Waals surface area contributed by atoms with Crippen molar-refractivity contribution in [2.45, 2.75) is 20.8 Å². The zero-order valence-electron chi connectivity index (χ0n) is 9.10. The summed E-state index contributed by atoms with van der Waals surface area (Å²) in [5.74, 6) is -1.67. The Hall–Kier alpha value is -1.84. The number of carbonyl (C=O) groups is 2. The van der Waals surface area contributed by atoms with Gasteiger partial charge in [-0.2, -0.15) is 0 Å². The largest absolute Gasteiger partial charge is 0.481 e. The molecule has 0 saturated heterocycles. The zero-order valence-corrected chi connectivity index (χ0v) is 9.10. The van der Waals surface area contributed by atoms with Crippen molar-refractivity contribution in [1.29, 1.82) is 0 Å². The summed E-state index contributed by atoms with van der Waals surface area (Å²) in [6, 6.07) is 10.3. The zero-order chi connectivity index (χ0) is 12.3. The van der Waals surface area contributed by atoms with Crippen LogP contribution >= 0.6 is 0 Å². The predicted molar refractivity (Wildman–Crippen MR) is 57.8 cm³/mol. The van der Waals surface area contributed by atoms with Crippen molar-refractivity contribution >= 4 is 11.9 Å². The van der Waals surface area contributed by atoms with Gasteiger partial charge in [0.05, 0.1) is 0 Å². The second kappa shape index (κ2) is 10.2. The van der Waals surface area contributed by atoms with Gasteiger partial charge in [0, 0.05) is 13.8 Å². The Morgan fingerprint density at radius 1 is 0.933 bits per heavy atom. The van der Waals surface area contributed by atoms with E-state index in [-0.39, 0.29) is 0 Å². The standard InChI is InChI=1S/C7H8.2C2H4O2/c1-7-5-3-2-4-6-7;2*1-2(3)4/h2-6H,1H3;2*1H3,(H,3,4). The first-order chi connectivity index (χ1) is 6.86. The van der Waals surface area contributed by atoms with Crippen LogP contribution in [0.1, 0.15) is 19.4 Å². The normalized spacial score (nSPS) is 7.40. The molecule has 0 radical (unpaired) electrons. The highest BCUT2D eigenvalue weighted by atomic mass is 16.4. The van der Waals surface area contributed by atoms with E-state index in [0.717, 1.165) is 13.8 Å². The van der Waals surface area contributed by atoms with Gasteiger partial charge in [-0.3, -0.25) is 9.59 Å². The lowest BCUT2D eigenvalue weighted by atomic mass is 10.2. The average molecular weight is 212 g/mol. The van der Waals surface area contributed by atoms with Crippen molar-refractivity contribution in [2.75, 3.05) is 0 Å². The third kappa shape index (κ3) is 33.1. The molecule has 84 valence electrons. The molecule has 0 fully saturated rings. The molecule has 0 aliphatic carbocycles. The van der Waals surface area contributed by atoms with Crippen LogP contribution in [0.2, 0.25) is 0 Å². The maximum absolute atomic E-state index is 9.00. The summed E-state index contributed by atoms with van der Waals surface area (Å²) in [6.45, 7) is 4.25. The Balaban J connectivity index is 0. The minimum atomic E-state index is -0.833. The number of carboxylic acid groups (broad SMARTS) is 2. The van der Waals surface area contributed by atoms with Gasteiger partial charge in [-0.15, -0.1) is 0 Å². The molecule has 0 aromatic heterocycles. The second-order valence-corrected chi connectivity index (χ2v) is 2.69. The summed E-state index contributed by atoms with van der Waals surface area (Å²) in [6.07, 6.45) is 0. The molecule has 1 rings (SSSR count). The SMILES string of the molecule is CC(=O)O.CC(=O)O.Cc1ccccc1. The van der Waals surface area contributed by atoms with Gasteiger partial charge in [-0.05, 0) is 6.92 Å². The minimum absolute atomic E-state index is 0.833. The van der Waals surface area contributed by atoms with Crippen LogP contribution in [0.3, 0.4) is 0 Å². The highest BCUT2D eigenvalue weighted by molar-refractivity contribution is 5.63. The van der Waals surface area contributed by atoms with E-state index < -0.39 is 11.9 Å². The van der Waals surface area contributed by atoms with Gasteiger partial charge in [0.2, 0.25) is 0 Å². The molecule has 0 spiro atoms. The summed E-state index contributed by atoms with van der Waals surface area (Å²) in [4.78, 5) is 18.0. The molecule has 0 unspecified atom stereocenters. The van der Waals surface area contributed by atoms with E-state index >= 15 is 0 Å². The molecule has 4 heteroatoms. The van der Waals surface area contributed by atoms with Crippen molar-refractivity contribution in [3.8, 4) is 0 Å². The Labute approximate surface area is 89.2 Å². The van der Waals surface area contributed by atoms with Gasteiger partial charge in [0.25, 0.3) is 11.9 Å². The summed E-state index contributed by atoms with van der Waals surface area (Å²) < 4.78 is 0. The summed E-state index contributed by atoms with van der Waals surface area (Å²) in [7, 11) is 0. The fourth-order valence-electron chi connectivity index (χ4n) is 0.534. The van der Waals surface area contributed by atoms with Crippen LogP contribution in [0.15, 0.2) is 30.3 Å². The summed E-state index contributed by atoms with van der Waals surface area (Å²) in [5, 5.41) is 14.8. The molecule has 15 heavy (non-hydrogen) atoms. The lowest BCUT2D eigenvalue weighted by Crippen LogP contribution is -1.78. The molecule has 4 nitrogen and oxygen atoms in total. The van der Waals surface area contributed by atoms with Gasteiger partial charge in [0.15, 0.2) is 0 Å². The molecule has 1 aromatic carbocycles. The van der Waals surface area contributed by atoms with Gasteiger partial charge < -0.3 is 10.2 Å². The highest BCUT2D eigenvalue weighted by Gasteiger charge is 1.72. The fourth-order valence-corrected chi connectivity index (χ4v) is 0.534. The average Bonchev–Trinajstić information content (AvgIpc) is 2.03. The summed E-state index contributed by atoms with van der Waals surface area (Å²) >= 11 is 0. The predicted octanol–water partition coefficient (Wildman–Crippen LogP) is 2.18. The first-order valence-corrected chi connectivity index (χ1v) is 4.27. The van der Waals surface area contributed by atoms with Crippen molar-refractivity contribution in [1.82, 2.24) is 0 Å². The van der Waals surface area contributed by atoms with E-state index in [9.17, 15) is 0 Å². The molecule has 0 heterocycles. The van der Waals surface area contributed by atoms with E-state index in [4.69, 9.17) is 19.8 Å². The maximum Gasteiger partial charge on any atom is 0.300 e. The Kier molecular flexibility index (Phi) is 10.7. The van der Waals surface area contributed by atoms with Crippen LogP contribution < -0.4 is 0 Å². The lowest BCUT2D eigenvalue weighted by molar-refractivity contribution is -0.135. The quantitative estimate of drug-likeness (QED) is 0.691. The summed E-state index contributed by atoms with van der Waals surface area (Å²) in [5.41, 5.74) is 1.32. The highest BCUT2D eigenvalue weighted by Crippen LogP contribution is 1.92. The van der Waals surface area contributed by atoms with Crippen LogP contribution in [0, 0.1) is 6.92 Å². The molecule has 0 atom stereocenters. The van der Waals surface area contributed by atoms with Crippen LogP contribution in [0.5, 0.6) is 0 Å². The maximum atomic E-state index is 9.00. The van der Waals surface area contributed by atoms with Crippen LogP contribution in [-0.4, -0.2) is 22.2 Å². The molecule has 2 N–H and O–H groups in total. The number of aliphatic carboxylic acids is 2. The Morgan fingerprint density at radius 2 is 1.20 bits per heavy atom. The lowest BCUT2D eigenvalue weighted by Gasteiger charge is -1.82. The van der Waals surface area contributed by atoms with Gasteiger partial charge in [-0.1, -0.05) is 35.9 Å². The smallest absolute Gasteiger partial charge is 0.300 e. The van der Waals surface area contributed by atoms with Crippen molar-refractivity contribution in [3.63, 3.8) is 0 Å². The van der Waals surface area contributed by atoms with E-state index in [1.165, 1.54) is 5.56 Å². The number of aryl methyl sites for hydroxylation is 1. The van der Waals surface area contributed by atoms with Gasteiger partial charge >= 0.3 is 0 Å². The van der Waals surface area contributed by atoms with E-state index in [1.54, 1.807) is 0 Å². The number of rotatable bonds is 0. The Bertz CT molecular complexity index is 260. The van der Waals surface area contributed by atoms with Gasteiger partial charge in [-0.25, -0.2) is 0 Å². The number of benzene rings is 1. The monoisotopic (exact) mass is 212 g/mol. The van der Waals surface area contributed by atoms with Crippen molar-refractivity contribution < 1.29 is 19.8 Å². The Morgan fingerprint density at radius 3 is 1.33 bits per heavy atom. The number of hydrogen-bond acceptors (Lipinski definition) is 2. The third-order valence-electron chi connectivity index (χ3n) is 0.940. The van der Waals surface area contributed by atoms with Crippen LogP contribution in [0.4, 0.5) is 0 Å². The van der Waals surface area contributed by atoms with Crippen LogP contribution in [-0.2, 0) is 9.59 Å². The minimum Gasteiger partial charge on any atom is -0.481 e. The molecular formula is C11H16O4. The molecule has 0 aliphatic heterocycles.